The number of benzene rings is 1. The summed E-state index contributed by atoms with van der Waals surface area (Å²) in [5, 5.41) is 23.8. The summed E-state index contributed by atoms with van der Waals surface area (Å²) in [6, 6.07) is 13.1. The minimum Gasteiger partial charge on any atom is -0.382 e. The van der Waals surface area contributed by atoms with Crippen LogP contribution in [0.2, 0.25) is 5.02 Å². The molecule has 12 nitrogen and oxygen atoms in total. The lowest BCUT2D eigenvalue weighted by Crippen LogP contribution is -2.35. The molecule has 0 aliphatic rings. The Hall–Kier alpha value is -2.90. The molecule has 304 valence electrons. The van der Waals surface area contributed by atoms with Crippen LogP contribution in [0.1, 0.15) is 133 Å². The Labute approximate surface area is 334 Å². The zero-order valence-corrected chi connectivity index (χ0v) is 34.6. The molecule has 2 aromatic heterocycles. The smallest absolute Gasteiger partial charge is 0.330 e. The van der Waals surface area contributed by atoms with E-state index >= 15 is 0 Å². The van der Waals surface area contributed by atoms with Crippen LogP contribution in [0, 0.1) is 22.7 Å². The van der Waals surface area contributed by atoms with Gasteiger partial charge in [-0.05, 0) is 49.1 Å². The van der Waals surface area contributed by atoms with Gasteiger partial charge in [-0.3, -0.25) is 0 Å². The molecule has 0 saturated heterocycles. The van der Waals surface area contributed by atoms with Gasteiger partial charge in [0, 0.05) is 19.4 Å². The van der Waals surface area contributed by atoms with Crippen molar-refractivity contribution in [2.75, 3.05) is 39.3 Å². The van der Waals surface area contributed by atoms with Gasteiger partial charge in [0.25, 0.3) is 0 Å². The highest BCUT2D eigenvalue weighted by Gasteiger charge is 2.32. The van der Waals surface area contributed by atoms with Gasteiger partial charge in [-0.1, -0.05) is 121 Å². The molecule has 3 atom stereocenters. The second kappa shape index (κ2) is 27.7. The van der Waals surface area contributed by atoms with Crippen LogP contribution in [0.5, 0.6) is 0 Å². The van der Waals surface area contributed by atoms with Crippen LogP contribution < -0.4 is 5.73 Å². The van der Waals surface area contributed by atoms with E-state index in [-0.39, 0.29) is 32.8 Å². The first-order chi connectivity index (χ1) is 26.8. The number of hydrogen-bond acceptors (Lipinski definition) is 11. The summed E-state index contributed by atoms with van der Waals surface area (Å²) in [4.78, 5) is 14.7. The molecule has 3 rings (SSSR count). The third kappa shape index (κ3) is 17.8. The number of nitriles is 2. The van der Waals surface area contributed by atoms with Gasteiger partial charge in [-0.15, -0.1) is 0 Å². The van der Waals surface area contributed by atoms with Crippen molar-refractivity contribution in [2.45, 2.75) is 141 Å². The van der Waals surface area contributed by atoms with Crippen LogP contribution >= 0.6 is 20.2 Å². The van der Waals surface area contributed by atoms with Crippen molar-refractivity contribution in [3.05, 3.63) is 58.5 Å². The second-order valence-electron chi connectivity index (χ2n) is 14.1. The molecular weight excluding hydrogens is 739 g/mol. The third-order valence-electron chi connectivity index (χ3n) is 9.80. The number of ether oxygens (including phenoxy) is 3. The van der Waals surface area contributed by atoms with E-state index < -0.39 is 20.3 Å². The molecule has 3 N–H and O–H groups in total. The fourth-order valence-electron chi connectivity index (χ4n) is 6.30. The average Bonchev–Trinajstić information content (AvgIpc) is 3.62. The Morgan fingerprint density at radius 2 is 1.56 bits per heavy atom. The average molecular weight is 801 g/mol. The fraction of sp³-hybridized carbons (Fsp3) is 0.659. The summed E-state index contributed by atoms with van der Waals surface area (Å²) < 4.78 is 30.6. The quantitative estimate of drug-likeness (QED) is 0.0455. The maximum atomic E-state index is 10.7. The number of rotatable bonds is 32. The Morgan fingerprint density at radius 1 is 0.909 bits per heavy atom. The summed E-state index contributed by atoms with van der Waals surface area (Å²) in [5.74, 6) is 0.361. The van der Waals surface area contributed by atoms with Gasteiger partial charge in [0.05, 0.1) is 37.0 Å². The van der Waals surface area contributed by atoms with Gasteiger partial charge in [0.15, 0.2) is 11.4 Å². The van der Waals surface area contributed by atoms with E-state index in [0.717, 1.165) is 24.1 Å². The Kier molecular flexibility index (Phi) is 23.4. The van der Waals surface area contributed by atoms with Gasteiger partial charge < -0.3 is 33.9 Å². The van der Waals surface area contributed by atoms with E-state index in [1.165, 1.54) is 103 Å². The second-order valence-corrected chi connectivity index (χ2v) is 15.5. The maximum Gasteiger partial charge on any atom is 0.330 e. The molecule has 3 aromatic rings. The monoisotopic (exact) mass is 800 g/mol. The standard InChI is InChI=1S/C41H62ClN6O6P/c1-3-4-5-6-7-8-9-10-11-12-13-14-15-16-17-18-25-51-29-37(52-28-34-19-20-35(27-43)38(42)26-34)30-53-55(49)54-32-41(31-44,50-2)24-23-36-21-22-39-40(45)46-33-47-48(36)39/h19-22,26,33,37,49H,3-18,23-25,28-30,32H2,1-2H3,(H2,45,46,47). The Bertz CT molecular complexity index is 1580. The summed E-state index contributed by atoms with van der Waals surface area (Å²) in [7, 11) is -0.931. The summed E-state index contributed by atoms with van der Waals surface area (Å²) >= 11 is 6.23. The zero-order chi connectivity index (χ0) is 39.6. The SMILES string of the molecule is CCCCCCCCCCCCCCCCCCOCC(COP(O)OCC(C#N)(CCc1ccc2c(N)ncnn12)OC)OCc1ccc(C#N)c(Cl)c1. The maximum absolute atomic E-state index is 10.7. The third-order valence-corrected chi connectivity index (χ3v) is 10.8. The van der Waals surface area contributed by atoms with Crippen LogP contribution in [0.3, 0.4) is 0 Å². The topological polar surface area (TPSA) is 170 Å². The summed E-state index contributed by atoms with van der Waals surface area (Å²) in [6.07, 6.45) is 22.5. The van der Waals surface area contributed by atoms with Crippen LogP contribution in [0.15, 0.2) is 36.7 Å². The number of halogens is 1. The lowest BCUT2D eigenvalue weighted by atomic mass is 9.99. The van der Waals surface area contributed by atoms with Crippen molar-refractivity contribution in [2.24, 2.45) is 0 Å². The van der Waals surface area contributed by atoms with Crippen molar-refractivity contribution >= 4 is 31.5 Å². The van der Waals surface area contributed by atoms with Gasteiger partial charge in [-0.2, -0.15) is 15.6 Å². The van der Waals surface area contributed by atoms with Gasteiger partial charge in [0.1, 0.15) is 30.1 Å². The summed E-state index contributed by atoms with van der Waals surface area (Å²) in [5.41, 5.74) is 7.29. The van der Waals surface area contributed by atoms with Crippen molar-refractivity contribution in [1.82, 2.24) is 14.6 Å². The van der Waals surface area contributed by atoms with E-state index in [4.69, 9.17) is 40.6 Å². The predicted octanol–water partition coefficient (Wildman–Crippen LogP) is 9.79. The number of nitrogens with two attached hydrogens (primary N) is 1. The zero-order valence-electron chi connectivity index (χ0n) is 32.9. The Morgan fingerprint density at radius 3 is 2.16 bits per heavy atom. The summed E-state index contributed by atoms with van der Waals surface area (Å²) in [6.45, 7) is 3.11. The molecule has 0 fully saturated rings. The number of unbranched alkanes of at least 4 members (excludes halogenated alkanes) is 15. The van der Waals surface area contributed by atoms with Crippen LogP contribution in [-0.4, -0.2) is 64.7 Å². The number of nitrogen functional groups attached to an aromatic ring is 1. The molecule has 0 bridgehead atoms. The molecular formula is C41H62ClN6O6P. The molecule has 2 heterocycles. The van der Waals surface area contributed by atoms with Crippen molar-refractivity contribution in [1.29, 1.82) is 10.5 Å². The van der Waals surface area contributed by atoms with Gasteiger partial charge in [0.2, 0.25) is 0 Å². The lowest BCUT2D eigenvalue weighted by Gasteiger charge is -2.26. The van der Waals surface area contributed by atoms with Crippen LogP contribution in [0.25, 0.3) is 5.52 Å². The molecule has 0 aliphatic heterocycles. The normalized spacial score (nSPS) is 13.7. The number of aryl methyl sites for hydroxylation is 1. The first-order valence-corrected chi connectivity index (χ1v) is 21.5. The van der Waals surface area contributed by atoms with Crippen LogP contribution in [0.4, 0.5) is 5.82 Å². The molecule has 0 aliphatic carbocycles. The molecule has 0 radical (unpaired) electrons. The molecule has 1 aromatic carbocycles. The van der Waals surface area contributed by atoms with Crippen molar-refractivity contribution in [3.63, 3.8) is 0 Å². The molecule has 3 unspecified atom stereocenters. The first kappa shape index (κ1) is 46.5. The largest absolute Gasteiger partial charge is 0.382 e. The van der Waals surface area contributed by atoms with Crippen LogP contribution in [-0.2, 0) is 36.3 Å². The van der Waals surface area contributed by atoms with E-state index in [0.29, 0.717) is 34.9 Å². The highest BCUT2D eigenvalue weighted by atomic mass is 35.5. The number of anilines is 1. The number of fused-ring (bicyclic) bond motifs is 1. The minimum absolute atomic E-state index is 0.00498. The van der Waals surface area contributed by atoms with Gasteiger partial charge >= 0.3 is 8.60 Å². The highest BCUT2D eigenvalue weighted by molar-refractivity contribution is 7.40. The number of methoxy groups -OCH3 is 1. The first-order valence-electron chi connectivity index (χ1n) is 20.0. The molecule has 0 amide bonds. The Balaban J connectivity index is 1.36. The predicted molar refractivity (Wildman–Crippen MR) is 217 cm³/mol. The van der Waals surface area contributed by atoms with Gasteiger partial charge in [-0.25, -0.2) is 9.50 Å². The van der Waals surface area contributed by atoms with Crippen molar-refractivity contribution < 1.29 is 28.2 Å². The lowest BCUT2D eigenvalue weighted by molar-refractivity contribution is -0.0510. The highest BCUT2D eigenvalue weighted by Crippen LogP contribution is 2.36. The van der Waals surface area contributed by atoms with E-state index in [1.54, 1.807) is 22.7 Å². The molecule has 0 spiro atoms. The molecule has 14 heteroatoms. The number of nitrogens with zero attached hydrogens (tertiary/aromatic N) is 5. The van der Waals surface area contributed by atoms with E-state index in [2.05, 4.69) is 29.1 Å². The van der Waals surface area contributed by atoms with E-state index in [9.17, 15) is 15.4 Å². The fourth-order valence-corrected chi connectivity index (χ4v) is 7.23. The molecule has 0 saturated carbocycles. The number of aromatic nitrogens is 3. The minimum atomic E-state index is -2.36. The van der Waals surface area contributed by atoms with E-state index in [1.807, 2.05) is 12.1 Å². The number of hydrogen-bond donors (Lipinski definition) is 2. The molecule has 55 heavy (non-hydrogen) atoms. The van der Waals surface area contributed by atoms with Crippen molar-refractivity contribution in [3.8, 4) is 12.1 Å².